The predicted octanol–water partition coefficient (Wildman–Crippen LogP) is 3.96. The molecule has 0 unspecified atom stereocenters. The molecule has 30 heavy (non-hydrogen) atoms. The van der Waals surface area contributed by atoms with E-state index >= 15 is 0 Å². The van der Waals surface area contributed by atoms with Crippen LogP contribution in [-0.4, -0.2) is 54.5 Å². The summed E-state index contributed by atoms with van der Waals surface area (Å²) in [6, 6.07) is 8.05. The summed E-state index contributed by atoms with van der Waals surface area (Å²) in [5.74, 6) is -0.860. The number of esters is 1. The maximum atomic E-state index is 14.1. The first-order chi connectivity index (χ1) is 14.6. The summed E-state index contributed by atoms with van der Waals surface area (Å²) in [7, 11) is 0. The molecule has 0 atom stereocenters. The van der Waals surface area contributed by atoms with Gasteiger partial charge in [0.05, 0.1) is 22.7 Å². The number of nitrogens with zero attached hydrogens (tertiary/aromatic N) is 3. The molecule has 3 heterocycles. The SMILES string of the molecule is CCOC(=O)c1cnc2ccc(F)cc2c1N1CCCN(C(=O)c2cccs2)CC1. The number of thiophene rings is 1. The van der Waals surface area contributed by atoms with Gasteiger partial charge in [0.15, 0.2) is 0 Å². The molecule has 3 aromatic rings. The minimum absolute atomic E-state index is 0.0168. The van der Waals surface area contributed by atoms with Gasteiger partial charge in [-0.15, -0.1) is 11.3 Å². The quantitative estimate of drug-likeness (QED) is 0.590. The number of pyridine rings is 1. The van der Waals surface area contributed by atoms with Gasteiger partial charge >= 0.3 is 5.97 Å². The average Bonchev–Trinajstić information content (AvgIpc) is 3.18. The number of rotatable bonds is 4. The number of fused-ring (bicyclic) bond motifs is 1. The minimum Gasteiger partial charge on any atom is -0.462 e. The van der Waals surface area contributed by atoms with Crippen LogP contribution in [0.25, 0.3) is 10.9 Å². The number of anilines is 1. The minimum atomic E-state index is -0.484. The molecule has 1 amide bonds. The lowest BCUT2D eigenvalue weighted by Crippen LogP contribution is -2.35. The second kappa shape index (κ2) is 8.79. The number of aromatic nitrogens is 1. The monoisotopic (exact) mass is 427 g/mol. The molecular formula is C22H22FN3O3S. The molecule has 0 spiro atoms. The summed E-state index contributed by atoms with van der Waals surface area (Å²) < 4.78 is 19.3. The number of carbonyl (C=O) groups is 2. The van der Waals surface area contributed by atoms with Crippen molar-refractivity contribution in [3.8, 4) is 0 Å². The van der Waals surface area contributed by atoms with Crippen LogP contribution in [0.15, 0.2) is 41.9 Å². The molecule has 0 aliphatic carbocycles. The summed E-state index contributed by atoms with van der Waals surface area (Å²) in [5.41, 5.74) is 1.53. The molecule has 156 valence electrons. The van der Waals surface area contributed by atoms with E-state index in [1.54, 1.807) is 13.0 Å². The second-order valence-corrected chi connectivity index (χ2v) is 7.96. The van der Waals surface area contributed by atoms with Gasteiger partial charge in [-0.05, 0) is 43.0 Å². The molecule has 6 nitrogen and oxygen atoms in total. The fourth-order valence-electron chi connectivity index (χ4n) is 3.75. The molecule has 1 saturated heterocycles. The van der Waals surface area contributed by atoms with Crippen molar-refractivity contribution < 1.29 is 18.7 Å². The Hall–Kier alpha value is -3.00. The van der Waals surface area contributed by atoms with Gasteiger partial charge in [-0.1, -0.05) is 6.07 Å². The van der Waals surface area contributed by atoms with Crippen LogP contribution in [0.4, 0.5) is 10.1 Å². The van der Waals surface area contributed by atoms with Crippen LogP contribution >= 0.6 is 11.3 Å². The Morgan fingerprint density at radius 3 is 2.83 bits per heavy atom. The smallest absolute Gasteiger partial charge is 0.341 e. The zero-order chi connectivity index (χ0) is 21.1. The van der Waals surface area contributed by atoms with Crippen molar-refractivity contribution >= 4 is 39.8 Å². The lowest BCUT2D eigenvalue weighted by atomic mass is 10.1. The molecule has 0 saturated carbocycles. The Kier molecular flexibility index (Phi) is 5.94. The van der Waals surface area contributed by atoms with Gasteiger partial charge in [-0.2, -0.15) is 0 Å². The van der Waals surface area contributed by atoms with Crippen molar-refractivity contribution in [1.29, 1.82) is 0 Å². The third kappa shape index (κ3) is 4.00. The highest BCUT2D eigenvalue weighted by molar-refractivity contribution is 7.12. The molecule has 0 radical (unpaired) electrons. The molecule has 1 aliphatic heterocycles. The maximum Gasteiger partial charge on any atom is 0.341 e. The van der Waals surface area contributed by atoms with Crippen LogP contribution in [0.3, 0.4) is 0 Å². The highest BCUT2D eigenvalue weighted by Gasteiger charge is 2.26. The zero-order valence-electron chi connectivity index (χ0n) is 16.6. The fraction of sp³-hybridized carbons (Fsp3) is 0.318. The van der Waals surface area contributed by atoms with Crippen LogP contribution in [0, 0.1) is 5.82 Å². The number of amides is 1. The van der Waals surface area contributed by atoms with E-state index in [4.69, 9.17) is 4.74 Å². The van der Waals surface area contributed by atoms with Gasteiger partial charge in [0.1, 0.15) is 11.4 Å². The summed E-state index contributed by atoms with van der Waals surface area (Å²) in [6.07, 6.45) is 2.23. The van der Waals surface area contributed by atoms with Gasteiger partial charge in [-0.25, -0.2) is 9.18 Å². The van der Waals surface area contributed by atoms with Crippen LogP contribution in [0.1, 0.15) is 33.4 Å². The Morgan fingerprint density at radius 1 is 1.20 bits per heavy atom. The molecule has 2 aromatic heterocycles. The van der Waals surface area contributed by atoms with Gasteiger partial charge in [-0.3, -0.25) is 9.78 Å². The van der Waals surface area contributed by atoms with E-state index < -0.39 is 11.8 Å². The third-order valence-corrected chi connectivity index (χ3v) is 5.99. The van der Waals surface area contributed by atoms with Gasteiger partial charge in [0.2, 0.25) is 0 Å². The van der Waals surface area contributed by atoms with Crippen molar-refractivity contribution in [2.45, 2.75) is 13.3 Å². The van der Waals surface area contributed by atoms with Crippen molar-refractivity contribution in [2.24, 2.45) is 0 Å². The topological polar surface area (TPSA) is 62.7 Å². The molecule has 4 rings (SSSR count). The first-order valence-electron chi connectivity index (χ1n) is 9.91. The van der Waals surface area contributed by atoms with E-state index in [0.717, 1.165) is 6.42 Å². The number of halogens is 1. The Morgan fingerprint density at radius 2 is 2.07 bits per heavy atom. The largest absolute Gasteiger partial charge is 0.462 e. The van der Waals surface area contributed by atoms with Gasteiger partial charge < -0.3 is 14.5 Å². The molecule has 0 bridgehead atoms. The zero-order valence-corrected chi connectivity index (χ0v) is 17.5. The molecule has 0 N–H and O–H groups in total. The molecule has 1 fully saturated rings. The predicted molar refractivity (Wildman–Crippen MR) is 115 cm³/mol. The highest BCUT2D eigenvalue weighted by Crippen LogP contribution is 2.32. The third-order valence-electron chi connectivity index (χ3n) is 5.13. The lowest BCUT2D eigenvalue weighted by molar-refractivity contribution is 0.0526. The first kappa shape index (κ1) is 20.3. The number of carbonyl (C=O) groups excluding carboxylic acids is 2. The first-order valence-corrected chi connectivity index (χ1v) is 10.8. The van der Waals surface area contributed by atoms with Crippen LogP contribution in [0.5, 0.6) is 0 Å². The van der Waals surface area contributed by atoms with Crippen molar-refractivity contribution in [1.82, 2.24) is 9.88 Å². The lowest BCUT2D eigenvalue weighted by Gasteiger charge is -2.26. The molecule has 1 aromatic carbocycles. The highest BCUT2D eigenvalue weighted by atomic mass is 32.1. The number of ether oxygens (including phenoxy) is 1. The van der Waals surface area contributed by atoms with E-state index in [9.17, 15) is 14.0 Å². The van der Waals surface area contributed by atoms with Gasteiger partial charge in [0.25, 0.3) is 5.91 Å². The Bertz CT molecular complexity index is 1070. The Labute approximate surface area is 177 Å². The van der Waals surface area contributed by atoms with E-state index in [-0.39, 0.29) is 12.5 Å². The van der Waals surface area contributed by atoms with Crippen LogP contribution in [-0.2, 0) is 4.74 Å². The van der Waals surface area contributed by atoms with Crippen molar-refractivity contribution in [3.05, 3.63) is 58.2 Å². The van der Waals surface area contributed by atoms with Crippen molar-refractivity contribution in [3.63, 3.8) is 0 Å². The maximum absolute atomic E-state index is 14.1. The van der Waals surface area contributed by atoms with E-state index in [2.05, 4.69) is 4.98 Å². The standard InChI is InChI=1S/C22H22FN3O3S/c1-2-29-22(28)17-14-24-18-7-6-15(23)13-16(18)20(17)25-8-4-9-26(11-10-25)21(27)19-5-3-12-30-19/h3,5-7,12-14H,2,4,8-11H2,1H3. The number of benzene rings is 1. The summed E-state index contributed by atoms with van der Waals surface area (Å²) in [6.45, 7) is 4.28. The van der Waals surface area contributed by atoms with E-state index in [1.165, 1.54) is 29.7 Å². The molecular weight excluding hydrogens is 405 g/mol. The van der Waals surface area contributed by atoms with E-state index in [0.29, 0.717) is 53.2 Å². The normalized spacial score (nSPS) is 14.6. The molecule has 8 heteroatoms. The Balaban J connectivity index is 1.69. The number of hydrogen-bond donors (Lipinski definition) is 0. The van der Waals surface area contributed by atoms with Gasteiger partial charge in [0, 0.05) is 37.8 Å². The summed E-state index contributed by atoms with van der Waals surface area (Å²) in [4.78, 5) is 34.3. The molecule has 1 aliphatic rings. The average molecular weight is 428 g/mol. The van der Waals surface area contributed by atoms with Crippen LogP contribution in [0.2, 0.25) is 0 Å². The summed E-state index contributed by atoms with van der Waals surface area (Å²) in [5, 5.41) is 2.46. The fourth-order valence-corrected chi connectivity index (χ4v) is 4.44. The van der Waals surface area contributed by atoms with Crippen LogP contribution < -0.4 is 4.90 Å². The summed E-state index contributed by atoms with van der Waals surface area (Å²) >= 11 is 1.43. The van der Waals surface area contributed by atoms with E-state index in [1.807, 2.05) is 27.3 Å². The van der Waals surface area contributed by atoms with Crippen molar-refractivity contribution in [2.75, 3.05) is 37.7 Å². The second-order valence-electron chi connectivity index (χ2n) is 7.01. The number of hydrogen-bond acceptors (Lipinski definition) is 6.